The van der Waals surface area contributed by atoms with Crippen molar-refractivity contribution in [1.29, 1.82) is 0 Å². The highest BCUT2D eigenvalue weighted by atomic mass is 19.2. The molecule has 0 unspecified atom stereocenters. The van der Waals surface area contributed by atoms with Gasteiger partial charge in [0.25, 0.3) is 0 Å². The van der Waals surface area contributed by atoms with Crippen molar-refractivity contribution in [2.75, 3.05) is 25.5 Å². The van der Waals surface area contributed by atoms with E-state index in [2.05, 4.69) is 20.3 Å². The smallest absolute Gasteiger partial charge is 0.239 e. The van der Waals surface area contributed by atoms with Gasteiger partial charge in [0.2, 0.25) is 17.6 Å². The van der Waals surface area contributed by atoms with Crippen LogP contribution in [0.1, 0.15) is 6.92 Å². The number of hydrogen-bond acceptors (Lipinski definition) is 6. The third-order valence-electron chi connectivity index (χ3n) is 4.14. The Balaban J connectivity index is 1.72. The molecule has 29 heavy (non-hydrogen) atoms. The first-order valence-corrected chi connectivity index (χ1v) is 8.79. The van der Waals surface area contributed by atoms with Gasteiger partial charge in [-0.2, -0.15) is 9.37 Å². The van der Waals surface area contributed by atoms with Crippen LogP contribution in [0.25, 0.3) is 11.1 Å². The van der Waals surface area contributed by atoms with Gasteiger partial charge >= 0.3 is 0 Å². The van der Waals surface area contributed by atoms with Crippen molar-refractivity contribution in [3.8, 4) is 22.8 Å². The van der Waals surface area contributed by atoms with Crippen LogP contribution in [-0.2, 0) is 4.79 Å². The summed E-state index contributed by atoms with van der Waals surface area (Å²) < 4.78 is 34.3. The van der Waals surface area contributed by atoms with Crippen molar-refractivity contribution >= 4 is 11.7 Å². The van der Waals surface area contributed by atoms with E-state index in [0.29, 0.717) is 24.5 Å². The Morgan fingerprint density at radius 2 is 1.97 bits per heavy atom. The molecule has 3 rings (SSSR count). The van der Waals surface area contributed by atoms with Crippen molar-refractivity contribution in [2.45, 2.75) is 6.92 Å². The van der Waals surface area contributed by atoms with Crippen LogP contribution in [0.2, 0.25) is 0 Å². The molecule has 2 aromatic heterocycles. The number of carbonyl (C=O) groups is 1. The largest absolute Gasteiger partial charge is 0.434 e. The molecule has 1 N–H and O–H groups in total. The van der Waals surface area contributed by atoms with Crippen LogP contribution in [-0.4, -0.2) is 45.9 Å². The Hall–Kier alpha value is -3.62. The van der Waals surface area contributed by atoms with Crippen LogP contribution in [0.15, 0.2) is 49.1 Å². The number of amides is 1. The Morgan fingerprint density at radius 1 is 1.14 bits per heavy atom. The maximum atomic E-state index is 14.5. The molecule has 3 aromatic rings. The summed E-state index contributed by atoms with van der Waals surface area (Å²) in [7, 11) is 1.68. The first-order chi connectivity index (χ1) is 14.0. The molecular weight excluding hydrogens is 380 g/mol. The zero-order chi connectivity index (χ0) is 20.8. The molecule has 0 aliphatic carbocycles. The number of nitrogens with one attached hydrogen (secondary N) is 1. The van der Waals surface area contributed by atoms with Crippen LogP contribution in [0, 0.1) is 11.6 Å². The Kier molecular flexibility index (Phi) is 6.28. The van der Waals surface area contributed by atoms with Gasteiger partial charge in [0, 0.05) is 50.6 Å². The minimum Gasteiger partial charge on any atom is -0.434 e. The summed E-state index contributed by atoms with van der Waals surface area (Å²) >= 11 is 0. The lowest BCUT2D eigenvalue weighted by atomic mass is 10.1. The van der Waals surface area contributed by atoms with Crippen molar-refractivity contribution in [1.82, 2.24) is 19.9 Å². The average Bonchev–Trinajstić information content (AvgIpc) is 2.72. The minimum absolute atomic E-state index is 0.00218. The fourth-order valence-electron chi connectivity index (χ4n) is 2.46. The van der Waals surface area contributed by atoms with E-state index in [1.165, 1.54) is 37.6 Å². The molecule has 1 amide bonds. The molecule has 0 atom stereocenters. The third kappa shape index (κ3) is 5.01. The predicted molar refractivity (Wildman–Crippen MR) is 103 cm³/mol. The molecule has 0 aliphatic heterocycles. The molecule has 0 spiro atoms. The lowest BCUT2D eigenvalue weighted by Gasteiger charge is -2.15. The van der Waals surface area contributed by atoms with Crippen LogP contribution in [0.4, 0.5) is 14.6 Å². The van der Waals surface area contributed by atoms with E-state index >= 15 is 0 Å². The number of carbonyl (C=O) groups excluding carboxylic acids is 1. The molecule has 0 fully saturated rings. The molecule has 0 radical (unpaired) electrons. The molecule has 150 valence electrons. The minimum atomic E-state index is -1.13. The summed E-state index contributed by atoms with van der Waals surface area (Å²) in [5.41, 5.74) is 0.538. The van der Waals surface area contributed by atoms with Gasteiger partial charge in [-0.05, 0) is 18.2 Å². The number of ether oxygens (including phenoxy) is 1. The van der Waals surface area contributed by atoms with E-state index in [-0.39, 0.29) is 23.1 Å². The summed E-state index contributed by atoms with van der Waals surface area (Å²) in [6.07, 6.45) is 5.75. The second kappa shape index (κ2) is 9.05. The lowest BCUT2D eigenvalue weighted by molar-refractivity contribution is -0.127. The highest BCUT2D eigenvalue weighted by Crippen LogP contribution is 2.31. The molecule has 0 bridgehead atoms. The monoisotopic (exact) mass is 399 g/mol. The second-order valence-corrected chi connectivity index (χ2v) is 6.19. The van der Waals surface area contributed by atoms with E-state index < -0.39 is 11.6 Å². The first-order valence-electron chi connectivity index (χ1n) is 8.79. The van der Waals surface area contributed by atoms with Gasteiger partial charge in [-0.3, -0.25) is 14.8 Å². The number of likely N-dealkylation sites (N-methyl/N-ethyl adjacent to an activating group) is 1. The molecule has 2 heterocycles. The number of pyridine rings is 1. The molecule has 0 saturated carbocycles. The molecule has 0 saturated heterocycles. The van der Waals surface area contributed by atoms with Crippen LogP contribution < -0.4 is 10.1 Å². The predicted octanol–water partition coefficient (Wildman–Crippen LogP) is 3.50. The van der Waals surface area contributed by atoms with E-state index in [0.717, 1.165) is 0 Å². The molecule has 0 aliphatic rings. The molecular formula is C20H19F2N5O2. The maximum absolute atomic E-state index is 14.5. The van der Waals surface area contributed by atoms with Gasteiger partial charge in [-0.25, -0.2) is 4.39 Å². The zero-order valence-electron chi connectivity index (χ0n) is 15.9. The van der Waals surface area contributed by atoms with E-state index in [1.54, 1.807) is 30.3 Å². The van der Waals surface area contributed by atoms with Gasteiger partial charge < -0.3 is 15.0 Å². The number of rotatable bonds is 7. The summed E-state index contributed by atoms with van der Waals surface area (Å²) in [5, 5.41) is 2.99. The van der Waals surface area contributed by atoms with Crippen LogP contribution in [0.5, 0.6) is 11.6 Å². The highest BCUT2D eigenvalue weighted by molar-refractivity contribution is 5.72. The van der Waals surface area contributed by atoms with Gasteiger partial charge in [-0.15, -0.1) is 0 Å². The molecule has 7 nitrogen and oxygen atoms in total. The highest BCUT2D eigenvalue weighted by Gasteiger charge is 2.17. The number of nitrogens with zero attached hydrogens (tertiary/aromatic N) is 4. The fourth-order valence-corrected chi connectivity index (χ4v) is 2.46. The quantitative estimate of drug-likeness (QED) is 0.655. The standard InChI is InChI=1S/C20H19F2N5O2/c1-13(28)27(2)9-8-25-17-11-24-12-18(26-17)29-16-6-5-15(19(21)20(16)22)14-4-3-7-23-10-14/h3-7,10-12H,8-9H2,1-2H3,(H,25,26). The van der Waals surface area contributed by atoms with Gasteiger partial charge in [-0.1, -0.05) is 6.07 Å². The van der Waals surface area contributed by atoms with Crippen molar-refractivity contribution in [3.05, 3.63) is 60.7 Å². The van der Waals surface area contributed by atoms with Crippen molar-refractivity contribution in [2.24, 2.45) is 0 Å². The SMILES string of the molecule is CC(=O)N(C)CCNc1cncc(Oc2ccc(-c3cccnc3)c(F)c2F)n1. The Morgan fingerprint density at radius 3 is 2.69 bits per heavy atom. The number of aromatic nitrogens is 3. The fraction of sp³-hybridized carbons (Fsp3) is 0.200. The van der Waals surface area contributed by atoms with Crippen LogP contribution >= 0.6 is 0 Å². The van der Waals surface area contributed by atoms with Gasteiger partial charge in [0.1, 0.15) is 5.82 Å². The summed E-state index contributed by atoms with van der Waals surface area (Å²) in [4.78, 5) is 24.8. The van der Waals surface area contributed by atoms with Crippen molar-refractivity contribution in [3.63, 3.8) is 0 Å². The summed E-state index contributed by atoms with van der Waals surface area (Å²) in [6, 6.07) is 6.01. The zero-order valence-corrected chi connectivity index (χ0v) is 15.9. The Bertz CT molecular complexity index is 1000. The van der Waals surface area contributed by atoms with Crippen molar-refractivity contribution < 1.29 is 18.3 Å². The van der Waals surface area contributed by atoms with E-state index in [9.17, 15) is 13.6 Å². The number of anilines is 1. The summed E-state index contributed by atoms with van der Waals surface area (Å²) in [5.74, 6) is -2.14. The van der Waals surface area contributed by atoms with E-state index in [4.69, 9.17) is 4.74 Å². The average molecular weight is 399 g/mol. The van der Waals surface area contributed by atoms with Gasteiger partial charge in [0.15, 0.2) is 11.6 Å². The number of hydrogen-bond donors (Lipinski definition) is 1. The number of benzene rings is 1. The number of halogens is 2. The maximum Gasteiger partial charge on any atom is 0.239 e. The summed E-state index contributed by atoms with van der Waals surface area (Å²) in [6.45, 7) is 2.39. The molecule has 9 heteroatoms. The van der Waals surface area contributed by atoms with Crippen LogP contribution in [0.3, 0.4) is 0 Å². The first kappa shape index (κ1) is 20.1. The second-order valence-electron chi connectivity index (χ2n) is 6.19. The topological polar surface area (TPSA) is 80.2 Å². The third-order valence-corrected chi connectivity index (χ3v) is 4.14. The normalized spacial score (nSPS) is 10.5. The van der Waals surface area contributed by atoms with E-state index in [1.807, 2.05) is 0 Å². The lowest BCUT2D eigenvalue weighted by Crippen LogP contribution is -2.29. The van der Waals surface area contributed by atoms with Gasteiger partial charge in [0.05, 0.1) is 12.4 Å². The Labute approximate surface area is 166 Å². The molecule has 1 aromatic carbocycles.